The molecule has 2 rings (SSSR count). The molecular formula is C13H17N3O4S. The fraction of sp³-hybridized carbons (Fsp3) is 0.385. The number of sulfone groups is 1. The topological polar surface area (TPSA) is 110 Å². The summed E-state index contributed by atoms with van der Waals surface area (Å²) in [6, 6.07) is 5.93. The van der Waals surface area contributed by atoms with Crippen molar-refractivity contribution in [2.24, 2.45) is 5.73 Å². The molecule has 0 radical (unpaired) electrons. The lowest BCUT2D eigenvalue weighted by atomic mass is 10.1. The van der Waals surface area contributed by atoms with Gasteiger partial charge in [-0.1, -0.05) is 12.1 Å². The van der Waals surface area contributed by atoms with Crippen LogP contribution in [-0.2, 0) is 19.4 Å². The monoisotopic (exact) mass is 311 g/mol. The second-order valence-electron chi connectivity index (χ2n) is 5.01. The van der Waals surface area contributed by atoms with E-state index in [1.165, 1.54) is 4.90 Å². The van der Waals surface area contributed by atoms with Gasteiger partial charge in [-0.05, 0) is 18.6 Å². The zero-order chi connectivity index (χ0) is 15.6. The van der Waals surface area contributed by atoms with Crippen molar-refractivity contribution in [2.75, 3.05) is 28.8 Å². The molecule has 0 aromatic heterocycles. The average molecular weight is 311 g/mol. The maximum Gasteiger partial charge on any atom is 0.244 e. The van der Waals surface area contributed by atoms with Gasteiger partial charge in [-0.25, -0.2) is 8.42 Å². The van der Waals surface area contributed by atoms with E-state index >= 15 is 0 Å². The van der Waals surface area contributed by atoms with Crippen LogP contribution in [0.15, 0.2) is 24.3 Å². The lowest BCUT2D eigenvalue weighted by Crippen LogP contribution is -2.49. The molecule has 0 spiro atoms. The first kappa shape index (κ1) is 15.5. The molecule has 0 saturated heterocycles. The van der Waals surface area contributed by atoms with Crippen LogP contribution in [0.4, 0.5) is 11.4 Å². The van der Waals surface area contributed by atoms with Crippen LogP contribution >= 0.6 is 0 Å². The summed E-state index contributed by atoms with van der Waals surface area (Å²) in [6.07, 6.45) is 1.12. The molecular weight excluding hydrogens is 294 g/mol. The Labute approximate surface area is 123 Å². The third-order valence-corrected chi connectivity index (χ3v) is 4.13. The minimum atomic E-state index is -3.18. The fourth-order valence-corrected chi connectivity index (χ4v) is 2.78. The number of anilines is 2. The van der Waals surface area contributed by atoms with Gasteiger partial charge in [0, 0.05) is 6.26 Å². The van der Waals surface area contributed by atoms with Crippen LogP contribution < -0.4 is 16.0 Å². The number of nitrogens with zero attached hydrogens (tertiary/aromatic N) is 1. The van der Waals surface area contributed by atoms with Gasteiger partial charge in [0.25, 0.3) is 0 Å². The molecule has 8 heteroatoms. The summed E-state index contributed by atoms with van der Waals surface area (Å²) >= 11 is 0. The summed E-state index contributed by atoms with van der Waals surface area (Å²) in [5.74, 6) is -0.931. The molecule has 21 heavy (non-hydrogen) atoms. The van der Waals surface area contributed by atoms with Gasteiger partial charge in [0.15, 0.2) is 0 Å². The zero-order valence-electron chi connectivity index (χ0n) is 11.6. The Kier molecular flexibility index (Phi) is 4.29. The normalized spacial score (nSPS) is 16.1. The Hall–Kier alpha value is -1.93. The predicted octanol–water partition coefficient (Wildman–Crippen LogP) is -0.266. The predicted molar refractivity (Wildman–Crippen MR) is 79.7 cm³/mol. The zero-order valence-corrected chi connectivity index (χ0v) is 12.4. The Morgan fingerprint density at radius 1 is 1.43 bits per heavy atom. The number of fused-ring (bicyclic) bond motifs is 1. The van der Waals surface area contributed by atoms with E-state index in [0.717, 1.165) is 6.26 Å². The molecule has 1 unspecified atom stereocenters. The van der Waals surface area contributed by atoms with E-state index in [1.54, 1.807) is 24.3 Å². The number of benzene rings is 1. The van der Waals surface area contributed by atoms with Crippen LogP contribution in [0.5, 0.6) is 0 Å². The minimum Gasteiger partial charge on any atom is -0.323 e. The number of nitrogens with one attached hydrogen (secondary N) is 1. The van der Waals surface area contributed by atoms with E-state index in [1.807, 2.05) is 0 Å². The van der Waals surface area contributed by atoms with Crippen molar-refractivity contribution in [3.8, 4) is 0 Å². The largest absolute Gasteiger partial charge is 0.323 e. The first-order valence-corrected chi connectivity index (χ1v) is 8.47. The summed E-state index contributed by atoms with van der Waals surface area (Å²) in [5.41, 5.74) is 6.88. The first-order valence-electron chi connectivity index (χ1n) is 6.41. The standard InChI is InChI=1S/C13H17N3O4S/c1-21(19,20)7-6-9(14)13(18)16-8-12(17)15-10-4-2-3-5-11(10)16/h2-5,9H,6-8,14H2,1H3,(H,15,17). The summed E-state index contributed by atoms with van der Waals surface area (Å²) < 4.78 is 22.3. The smallest absolute Gasteiger partial charge is 0.244 e. The number of amides is 2. The Balaban J connectivity index is 2.17. The third kappa shape index (κ3) is 3.79. The molecule has 1 aliphatic heterocycles. The highest BCUT2D eigenvalue weighted by Gasteiger charge is 2.30. The lowest BCUT2D eigenvalue weighted by Gasteiger charge is -2.30. The lowest BCUT2D eigenvalue weighted by molar-refractivity contribution is -0.122. The molecule has 0 fully saturated rings. The van der Waals surface area contributed by atoms with Crippen molar-refractivity contribution < 1.29 is 18.0 Å². The molecule has 0 saturated carbocycles. The number of carbonyl (C=O) groups excluding carboxylic acids is 2. The van der Waals surface area contributed by atoms with Gasteiger partial charge in [0.05, 0.1) is 23.2 Å². The summed E-state index contributed by atoms with van der Waals surface area (Å²) in [6.45, 7) is -0.123. The third-order valence-electron chi connectivity index (χ3n) is 3.15. The SMILES string of the molecule is CS(=O)(=O)CCC(N)C(=O)N1CC(=O)Nc2ccccc21. The van der Waals surface area contributed by atoms with Crippen molar-refractivity contribution >= 4 is 33.0 Å². The molecule has 114 valence electrons. The van der Waals surface area contributed by atoms with E-state index < -0.39 is 21.8 Å². The molecule has 0 bridgehead atoms. The highest BCUT2D eigenvalue weighted by Crippen LogP contribution is 2.29. The maximum absolute atomic E-state index is 12.3. The quantitative estimate of drug-likeness (QED) is 0.795. The highest BCUT2D eigenvalue weighted by atomic mass is 32.2. The van der Waals surface area contributed by atoms with Gasteiger partial charge in [0.2, 0.25) is 11.8 Å². The van der Waals surface area contributed by atoms with Crippen molar-refractivity contribution in [2.45, 2.75) is 12.5 Å². The number of hydrogen-bond donors (Lipinski definition) is 2. The van der Waals surface area contributed by atoms with E-state index in [4.69, 9.17) is 5.73 Å². The minimum absolute atomic E-state index is 0.0257. The van der Waals surface area contributed by atoms with E-state index in [2.05, 4.69) is 5.32 Å². The summed E-state index contributed by atoms with van der Waals surface area (Å²) in [5, 5.41) is 2.67. The fourth-order valence-electron chi connectivity index (χ4n) is 2.09. The molecule has 3 N–H and O–H groups in total. The molecule has 1 aliphatic rings. The summed E-state index contributed by atoms with van der Waals surface area (Å²) in [4.78, 5) is 25.3. The van der Waals surface area contributed by atoms with Gasteiger partial charge < -0.3 is 11.1 Å². The number of rotatable bonds is 4. The molecule has 1 aromatic carbocycles. The summed E-state index contributed by atoms with van der Waals surface area (Å²) in [7, 11) is -3.18. The van der Waals surface area contributed by atoms with Crippen LogP contribution in [0, 0.1) is 0 Å². The number of hydrogen-bond acceptors (Lipinski definition) is 5. The number of nitrogens with two attached hydrogens (primary N) is 1. The van der Waals surface area contributed by atoms with Crippen molar-refractivity contribution in [3.63, 3.8) is 0 Å². The Morgan fingerprint density at radius 2 is 2.10 bits per heavy atom. The van der Waals surface area contributed by atoms with Crippen LogP contribution in [-0.4, -0.2) is 44.8 Å². The second kappa shape index (κ2) is 5.82. The van der Waals surface area contributed by atoms with Gasteiger partial charge in [0.1, 0.15) is 16.4 Å². The molecule has 1 heterocycles. The number of para-hydroxylation sites is 2. The maximum atomic E-state index is 12.3. The van der Waals surface area contributed by atoms with Gasteiger partial charge in [-0.2, -0.15) is 0 Å². The molecule has 1 aromatic rings. The molecule has 7 nitrogen and oxygen atoms in total. The van der Waals surface area contributed by atoms with Gasteiger partial charge >= 0.3 is 0 Å². The van der Waals surface area contributed by atoms with Gasteiger partial charge in [-0.3, -0.25) is 14.5 Å². The molecule has 1 atom stereocenters. The van der Waals surface area contributed by atoms with E-state index in [-0.39, 0.29) is 24.6 Å². The average Bonchev–Trinajstić information content (AvgIpc) is 2.42. The van der Waals surface area contributed by atoms with Crippen LogP contribution in [0.25, 0.3) is 0 Å². The van der Waals surface area contributed by atoms with Crippen molar-refractivity contribution in [1.82, 2.24) is 0 Å². The molecule has 0 aliphatic carbocycles. The van der Waals surface area contributed by atoms with Crippen LogP contribution in [0.1, 0.15) is 6.42 Å². The van der Waals surface area contributed by atoms with E-state index in [9.17, 15) is 18.0 Å². The van der Waals surface area contributed by atoms with Crippen LogP contribution in [0.3, 0.4) is 0 Å². The van der Waals surface area contributed by atoms with Crippen molar-refractivity contribution in [3.05, 3.63) is 24.3 Å². The highest BCUT2D eigenvalue weighted by molar-refractivity contribution is 7.90. The van der Waals surface area contributed by atoms with Crippen LogP contribution in [0.2, 0.25) is 0 Å². The first-order chi connectivity index (χ1) is 9.78. The van der Waals surface area contributed by atoms with E-state index in [0.29, 0.717) is 11.4 Å². The number of carbonyl (C=O) groups is 2. The second-order valence-corrected chi connectivity index (χ2v) is 7.27. The van der Waals surface area contributed by atoms with Crippen molar-refractivity contribution in [1.29, 1.82) is 0 Å². The van der Waals surface area contributed by atoms with Gasteiger partial charge in [-0.15, -0.1) is 0 Å². The Bertz CT molecular complexity index is 672. The Morgan fingerprint density at radius 3 is 2.76 bits per heavy atom. The molecule has 2 amide bonds.